The second-order valence-electron chi connectivity index (χ2n) is 8.42. The fraction of sp³-hybridized carbons (Fsp3) is 0.286. The van der Waals surface area contributed by atoms with Gasteiger partial charge in [-0.3, -0.25) is 9.59 Å². The summed E-state index contributed by atoms with van der Waals surface area (Å²) in [5, 5.41) is 4.12. The van der Waals surface area contributed by atoms with Gasteiger partial charge in [-0.25, -0.2) is 0 Å². The lowest BCUT2D eigenvalue weighted by molar-refractivity contribution is -0.143. The molecule has 0 saturated carbocycles. The first-order chi connectivity index (χ1) is 16.9. The fourth-order valence-electron chi connectivity index (χ4n) is 3.61. The lowest BCUT2D eigenvalue weighted by Crippen LogP contribution is -2.53. The molecule has 2 atom stereocenters. The molecule has 184 valence electrons. The van der Waals surface area contributed by atoms with Crippen molar-refractivity contribution in [1.29, 1.82) is 0 Å². The van der Waals surface area contributed by atoms with Crippen molar-refractivity contribution in [3.63, 3.8) is 0 Å². The molecule has 0 radical (unpaired) electrons. The maximum Gasteiger partial charge on any atom is 0.261 e. The van der Waals surface area contributed by atoms with Gasteiger partial charge < -0.3 is 15.0 Å². The van der Waals surface area contributed by atoms with Crippen LogP contribution in [0.5, 0.6) is 5.75 Å². The summed E-state index contributed by atoms with van der Waals surface area (Å²) < 4.78 is 5.74. The molecule has 1 N–H and O–H groups in total. The number of hydrogen-bond donors (Lipinski definition) is 1. The van der Waals surface area contributed by atoms with E-state index in [0.29, 0.717) is 22.2 Å². The first kappa shape index (κ1) is 26.6. The lowest BCUT2D eigenvalue weighted by atomic mass is 10.0. The summed E-state index contributed by atoms with van der Waals surface area (Å²) in [6.07, 6.45) is 1.15. The molecule has 0 aromatic heterocycles. The largest absolute Gasteiger partial charge is 0.484 e. The van der Waals surface area contributed by atoms with Crippen molar-refractivity contribution < 1.29 is 14.3 Å². The predicted molar refractivity (Wildman–Crippen MR) is 141 cm³/mol. The molecule has 0 aliphatic carbocycles. The zero-order chi connectivity index (χ0) is 25.2. The summed E-state index contributed by atoms with van der Waals surface area (Å²) in [5.74, 6) is -0.0382. The van der Waals surface area contributed by atoms with Crippen LogP contribution in [0.2, 0.25) is 10.0 Å². The summed E-state index contributed by atoms with van der Waals surface area (Å²) in [6.45, 7) is 3.93. The molecule has 0 saturated heterocycles. The maximum atomic E-state index is 13.5. The van der Waals surface area contributed by atoms with Crippen molar-refractivity contribution in [3.05, 3.63) is 100 Å². The van der Waals surface area contributed by atoms with Gasteiger partial charge in [0.15, 0.2) is 6.61 Å². The van der Waals surface area contributed by atoms with Gasteiger partial charge in [-0.1, -0.05) is 78.7 Å². The van der Waals surface area contributed by atoms with Crippen LogP contribution in [0.3, 0.4) is 0 Å². The van der Waals surface area contributed by atoms with Gasteiger partial charge >= 0.3 is 0 Å². The summed E-state index contributed by atoms with van der Waals surface area (Å²) in [6, 6.07) is 23.1. The van der Waals surface area contributed by atoms with E-state index in [2.05, 4.69) is 5.32 Å². The number of carbonyl (C=O) groups excluding carboxylic acids is 2. The van der Waals surface area contributed by atoms with Gasteiger partial charge in [0.05, 0.1) is 0 Å². The van der Waals surface area contributed by atoms with Crippen molar-refractivity contribution in [2.45, 2.75) is 45.3 Å². The van der Waals surface area contributed by atoms with Crippen molar-refractivity contribution in [3.8, 4) is 5.75 Å². The van der Waals surface area contributed by atoms with E-state index in [-0.39, 0.29) is 31.0 Å². The van der Waals surface area contributed by atoms with Crippen LogP contribution < -0.4 is 10.1 Å². The van der Waals surface area contributed by atoms with Crippen molar-refractivity contribution in [2.24, 2.45) is 0 Å². The Hall–Kier alpha value is -3.02. The quantitative estimate of drug-likeness (QED) is 0.346. The predicted octanol–water partition coefficient (Wildman–Crippen LogP) is 5.93. The number of hydrogen-bond acceptors (Lipinski definition) is 3. The molecule has 7 heteroatoms. The van der Waals surface area contributed by atoms with Crippen LogP contribution in [-0.2, 0) is 22.6 Å². The van der Waals surface area contributed by atoms with Gasteiger partial charge in [0.1, 0.15) is 11.8 Å². The van der Waals surface area contributed by atoms with E-state index in [4.69, 9.17) is 27.9 Å². The van der Waals surface area contributed by atoms with E-state index in [1.54, 1.807) is 41.3 Å². The Bertz CT molecular complexity index is 1120. The Labute approximate surface area is 217 Å². The molecule has 3 aromatic rings. The number of ether oxygens (including phenoxy) is 1. The highest BCUT2D eigenvalue weighted by Crippen LogP contribution is 2.20. The van der Waals surface area contributed by atoms with Gasteiger partial charge in [-0.15, -0.1) is 0 Å². The minimum Gasteiger partial charge on any atom is -0.484 e. The highest BCUT2D eigenvalue weighted by Gasteiger charge is 2.31. The average Bonchev–Trinajstić information content (AvgIpc) is 2.85. The Morgan fingerprint density at radius 2 is 1.57 bits per heavy atom. The Morgan fingerprint density at radius 3 is 2.23 bits per heavy atom. The number of nitrogens with zero attached hydrogens (tertiary/aromatic N) is 1. The van der Waals surface area contributed by atoms with Gasteiger partial charge in [-0.2, -0.15) is 0 Å². The normalized spacial score (nSPS) is 12.5. The third kappa shape index (κ3) is 8.30. The van der Waals surface area contributed by atoms with Crippen LogP contribution in [0.1, 0.15) is 31.4 Å². The zero-order valence-electron chi connectivity index (χ0n) is 19.9. The van der Waals surface area contributed by atoms with E-state index in [1.165, 1.54) is 0 Å². The highest BCUT2D eigenvalue weighted by molar-refractivity contribution is 6.30. The first-order valence-electron chi connectivity index (χ1n) is 11.6. The van der Waals surface area contributed by atoms with Gasteiger partial charge in [0, 0.05) is 29.1 Å². The number of halogens is 2. The number of amides is 2. The van der Waals surface area contributed by atoms with Crippen LogP contribution in [0.25, 0.3) is 0 Å². The molecular weight excluding hydrogens is 483 g/mol. The molecule has 0 unspecified atom stereocenters. The van der Waals surface area contributed by atoms with E-state index in [1.807, 2.05) is 56.3 Å². The Kier molecular flexibility index (Phi) is 10.0. The molecule has 35 heavy (non-hydrogen) atoms. The summed E-state index contributed by atoms with van der Waals surface area (Å²) >= 11 is 12.3. The van der Waals surface area contributed by atoms with Gasteiger partial charge in [0.25, 0.3) is 5.91 Å². The second kappa shape index (κ2) is 13.2. The SMILES string of the molecule is CC[C@H](C)NC(=O)[C@H](Cc1ccccc1)N(Cc1cccc(Cl)c1)C(=O)COc1cccc(Cl)c1. The fourth-order valence-corrected chi connectivity index (χ4v) is 4.01. The number of nitrogens with one attached hydrogen (secondary N) is 1. The van der Waals surface area contributed by atoms with E-state index in [0.717, 1.165) is 17.5 Å². The average molecular weight is 513 g/mol. The smallest absolute Gasteiger partial charge is 0.261 e. The molecule has 3 aromatic carbocycles. The lowest BCUT2D eigenvalue weighted by Gasteiger charge is -2.32. The Balaban J connectivity index is 1.91. The monoisotopic (exact) mass is 512 g/mol. The molecule has 0 aliphatic heterocycles. The number of carbonyl (C=O) groups is 2. The van der Waals surface area contributed by atoms with E-state index >= 15 is 0 Å². The third-order valence-corrected chi connectivity index (χ3v) is 6.14. The van der Waals surface area contributed by atoms with Crippen molar-refractivity contribution >= 4 is 35.0 Å². The van der Waals surface area contributed by atoms with Crippen molar-refractivity contribution in [1.82, 2.24) is 10.2 Å². The molecule has 3 rings (SSSR count). The molecule has 2 amide bonds. The van der Waals surface area contributed by atoms with Gasteiger partial charge in [-0.05, 0) is 54.8 Å². The molecule has 0 bridgehead atoms. The molecule has 0 fully saturated rings. The topological polar surface area (TPSA) is 58.6 Å². The molecule has 0 spiro atoms. The molecule has 5 nitrogen and oxygen atoms in total. The summed E-state index contributed by atoms with van der Waals surface area (Å²) in [5.41, 5.74) is 1.78. The van der Waals surface area contributed by atoms with Gasteiger partial charge in [0.2, 0.25) is 5.91 Å². The van der Waals surface area contributed by atoms with Crippen LogP contribution in [-0.4, -0.2) is 35.4 Å². The first-order valence-corrected chi connectivity index (χ1v) is 12.4. The van der Waals surface area contributed by atoms with E-state index < -0.39 is 6.04 Å². The minimum absolute atomic E-state index is 0.0217. The molecule has 0 heterocycles. The highest BCUT2D eigenvalue weighted by atomic mass is 35.5. The number of benzene rings is 3. The zero-order valence-corrected chi connectivity index (χ0v) is 21.4. The Morgan fingerprint density at radius 1 is 0.914 bits per heavy atom. The number of rotatable bonds is 11. The standard InChI is InChI=1S/C28H30Cl2N2O3/c1-3-20(2)31-28(34)26(16-21-9-5-4-6-10-21)32(18-22-11-7-12-23(29)15-22)27(33)19-35-25-14-8-13-24(30)17-25/h4-15,17,20,26H,3,16,18-19H2,1-2H3,(H,31,34)/t20-,26-/m0/s1. The summed E-state index contributed by atoms with van der Waals surface area (Å²) in [4.78, 5) is 28.6. The third-order valence-electron chi connectivity index (χ3n) is 5.67. The summed E-state index contributed by atoms with van der Waals surface area (Å²) in [7, 11) is 0. The van der Waals surface area contributed by atoms with Crippen molar-refractivity contribution in [2.75, 3.05) is 6.61 Å². The molecule has 0 aliphatic rings. The van der Waals surface area contributed by atoms with Crippen LogP contribution in [0, 0.1) is 0 Å². The second-order valence-corrected chi connectivity index (χ2v) is 9.29. The van der Waals surface area contributed by atoms with Crippen LogP contribution in [0.4, 0.5) is 0 Å². The maximum absolute atomic E-state index is 13.5. The van der Waals surface area contributed by atoms with Crippen LogP contribution in [0.15, 0.2) is 78.9 Å². The minimum atomic E-state index is -0.735. The van der Waals surface area contributed by atoms with Crippen LogP contribution >= 0.6 is 23.2 Å². The molecular formula is C28H30Cl2N2O3. The van der Waals surface area contributed by atoms with E-state index in [9.17, 15) is 9.59 Å².